The SMILES string of the molecule is NC(=O)CC=Cc1cc(F)c(Br)c(F)c1. The monoisotopic (exact) mass is 275 g/mol. The first-order valence-corrected chi connectivity index (χ1v) is 4.89. The zero-order valence-corrected chi connectivity index (χ0v) is 9.22. The van der Waals surface area contributed by atoms with Crippen molar-refractivity contribution in [3.05, 3.63) is 39.9 Å². The van der Waals surface area contributed by atoms with E-state index < -0.39 is 17.5 Å². The van der Waals surface area contributed by atoms with Crippen molar-refractivity contribution in [2.24, 2.45) is 5.73 Å². The Labute approximate surface area is 93.9 Å². The molecular weight excluding hydrogens is 268 g/mol. The molecule has 15 heavy (non-hydrogen) atoms. The molecule has 0 spiro atoms. The summed E-state index contributed by atoms with van der Waals surface area (Å²) in [4.78, 5) is 10.4. The quantitative estimate of drug-likeness (QED) is 0.847. The standard InChI is InChI=1S/C10H8BrF2NO/c11-10-7(12)4-6(5-8(10)13)2-1-3-9(14)15/h1-2,4-5H,3H2,(H2,14,15). The lowest BCUT2D eigenvalue weighted by molar-refractivity contribution is -0.117. The van der Waals surface area contributed by atoms with Crippen molar-refractivity contribution >= 4 is 27.9 Å². The highest BCUT2D eigenvalue weighted by molar-refractivity contribution is 9.10. The van der Waals surface area contributed by atoms with Gasteiger partial charge in [0.1, 0.15) is 11.6 Å². The molecule has 0 aliphatic rings. The Balaban J connectivity index is 2.87. The Morgan fingerprint density at radius 3 is 2.40 bits per heavy atom. The van der Waals surface area contributed by atoms with Crippen molar-refractivity contribution in [1.82, 2.24) is 0 Å². The zero-order chi connectivity index (χ0) is 11.4. The first-order chi connectivity index (χ1) is 7.00. The molecule has 0 saturated carbocycles. The minimum absolute atomic E-state index is 0.0410. The van der Waals surface area contributed by atoms with Crippen molar-refractivity contribution in [2.75, 3.05) is 0 Å². The summed E-state index contributed by atoms with van der Waals surface area (Å²) in [5, 5.41) is 0. The molecular formula is C10H8BrF2NO. The average Bonchev–Trinajstić information content (AvgIpc) is 2.13. The van der Waals surface area contributed by atoms with Gasteiger partial charge in [0.2, 0.25) is 5.91 Å². The lowest BCUT2D eigenvalue weighted by Crippen LogP contribution is -2.07. The average molecular weight is 276 g/mol. The third-order valence-electron chi connectivity index (χ3n) is 1.64. The molecule has 0 saturated heterocycles. The molecule has 0 unspecified atom stereocenters. The molecule has 0 aliphatic carbocycles. The minimum Gasteiger partial charge on any atom is -0.369 e. The number of nitrogens with two attached hydrogens (primary N) is 1. The van der Waals surface area contributed by atoms with Crippen LogP contribution >= 0.6 is 15.9 Å². The van der Waals surface area contributed by atoms with Gasteiger partial charge in [-0.25, -0.2) is 8.78 Å². The van der Waals surface area contributed by atoms with E-state index in [4.69, 9.17) is 5.73 Å². The largest absolute Gasteiger partial charge is 0.369 e. The van der Waals surface area contributed by atoms with E-state index in [9.17, 15) is 13.6 Å². The predicted molar refractivity (Wildman–Crippen MR) is 56.9 cm³/mol. The van der Waals surface area contributed by atoms with E-state index >= 15 is 0 Å². The smallest absolute Gasteiger partial charge is 0.221 e. The van der Waals surface area contributed by atoms with Crippen LogP contribution in [0.2, 0.25) is 0 Å². The second kappa shape index (κ2) is 5.02. The van der Waals surface area contributed by atoms with Gasteiger partial charge in [0.15, 0.2) is 0 Å². The van der Waals surface area contributed by atoms with Crippen LogP contribution in [0.4, 0.5) is 8.78 Å². The van der Waals surface area contributed by atoms with Crippen LogP contribution in [0, 0.1) is 11.6 Å². The van der Waals surface area contributed by atoms with Crippen LogP contribution < -0.4 is 5.73 Å². The van der Waals surface area contributed by atoms with Crippen molar-refractivity contribution in [3.63, 3.8) is 0 Å². The van der Waals surface area contributed by atoms with E-state index in [1.165, 1.54) is 12.2 Å². The van der Waals surface area contributed by atoms with Gasteiger partial charge in [-0.3, -0.25) is 4.79 Å². The van der Waals surface area contributed by atoms with Crippen molar-refractivity contribution in [3.8, 4) is 0 Å². The van der Waals surface area contributed by atoms with Crippen LogP contribution in [-0.2, 0) is 4.79 Å². The Hall–Kier alpha value is -1.23. The lowest BCUT2D eigenvalue weighted by atomic mass is 10.2. The van der Waals surface area contributed by atoms with E-state index in [1.54, 1.807) is 0 Å². The molecule has 0 atom stereocenters. The molecule has 0 bridgehead atoms. The van der Waals surface area contributed by atoms with E-state index in [2.05, 4.69) is 15.9 Å². The molecule has 2 nitrogen and oxygen atoms in total. The van der Waals surface area contributed by atoms with Gasteiger partial charge in [-0.1, -0.05) is 12.2 Å². The third kappa shape index (κ3) is 3.43. The van der Waals surface area contributed by atoms with E-state index in [-0.39, 0.29) is 10.9 Å². The Kier molecular flexibility index (Phi) is 3.96. The highest BCUT2D eigenvalue weighted by atomic mass is 79.9. The van der Waals surface area contributed by atoms with Crippen LogP contribution in [0.25, 0.3) is 6.08 Å². The molecule has 0 radical (unpaired) electrons. The van der Waals surface area contributed by atoms with Gasteiger partial charge >= 0.3 is 0 Å². The second-order valence-electron chi connectivity index (χ2n) is 2.87. The van der Waals surface area contributed by atoms with Crippen molar-refractivity contribution < 1.29 is 13.6 Å². The third-order valence-corrected chi connectivity index (χ3v) is 2.39. The maximum atomic E-state index is 13.0. The summed E-state index contributed by atoms with van der Waals surface area (Å²) in [6.07, 6.45) is 2.92. The minimum atomic E-state index is -0.686. The molecule has 0 aromatic heterocycles. The summed E-state index contributed by atoms with van der Waals surface area (Å²) < 4.78 is 25.8. The van der Waals surface area contributed by atoms with Gasteiger partial charge in [-0.05, 0) is 33.6 Å². The van der Waals surface area contributed by atoms with Crippen LogP contribution in [0.15, 0.2) is 22.7 Å². The molecule has 80 valence electrons. The van der Waals surface area contributed by atoms with Gasteiger partial charge in [-0.2, -0.15) is 0 Å². The van der Waals surface area contributed by atoms with Crippen molar-refractivity contribution in [1.29, 1.82) is 0 Å². The molecule has 1 aromatic rings. The number of carbonyl (C=O) groups is 1. The van der Waals surface area contributed by atoms with Crippen LogP contribution in [0.5, 0.6) is 0 Å². The van der Waals surface area contributed by atoms with Gasteiger partial charge in [-0.15, -0.1) is 0 Å². The summed E-state index contributed by atoms with van der Waals surface area (Å²) in [5.41, 5.74) is 5.24. The van der Waals surface area contributed by atoms with Gasteiger partial charge < -0.3 is 5.73 Å². The Morgan fingerprint density at radius 2 is 1.93 bits per heavy atom. The van der Waals surface area contributed by atoms with Gasteiger partial charge in [0.05, 0.1) is 4.47 Å². The van der Waals surface area contributed by atoms with Crippen LogP contribution in [-0.4, -0.2) is 5.91 Å². The summed E-state index contributed by atoms with van der Waals surface area (Å²) >= 11 is 2.76. The lowest BCUT2D eigenvalue weighted by Gasteiger charge is -1.99. The number of benzene rings is 1. The predicted octanol–water partition coefficient (Wildman–Crippen LogP) is 2.62. The fourth-order valence-corrected chi connectivity index (χ4v) is 1.21. The van der Waals surface area contributed by atoms with E-state index in [0.717, 1.165) is 12.1 Å². The van der Waals surface area contributed by atoms with E-state index in [1.807, 2.05) is 0 Å². The van der Waals surface area contributed by atoms with Gasteiger partial charge in [0, 0.05) is 6.42 Å². The summed E-state index contributed by atoms with van der Waals surface area (Å²) in [6, 6.07) is 2.31. The Morgan fingerprint density at radius 1 is 1.40 bits per heavy atom. The molecule has 1 amide bonds. The molecule has 0 aliphatic heterocycles. The maximum absolute atomic E-state index is 13.0. The summed E-state index contributed by atoms with van der Waals surface area (Å²) in [6.45, 7) is 0. The first-order valence-electron chi connectivity index (χ1n) is 4.10. The maximum Gasteiger partial charge on any atom is 0.221 e. The number of hydrogen-bond acceptors (Lipinski definition) is 1. The number of primary amides is 1. The first kappa shape index (κ1) is 11.8. The fraction of sp³-hybridized carbons (Fsp3) is 0.100. The number of hydrogen-bond donors (Lipinski definition) is 1. The highest BCUT2D eigenvalue weighted by Crippen LogP contribution is 2.21. The topological polar surface area (TPSA) is 43.1 Å². The number of rotatable bonds is 3. The summed E-state index contributed by atoms with van der Waals surface area (Å²) in [5.74, 6) is -1.87. The molecule has 2 N–H and O–H groups in total. The molecule has 0 heterocycles. The molecule has 0 fully saturated rings. The van der Waals surface area contributed by atoms with E-state index in [0.29, 0.717) is 5.56 Å². The fourth-order valence-electron chi connectivity index (χ4n) is 0.983. The van der Waals surface area contributed by atoms with Crippen molar-refractivity contribution in [2.45, 2.75) is 6.42 Å². The van der Waals surface area contributed by atoms with Gasteiger partial charge in [0.25, 0.3) is 0 Å². The summed E-state index contributed by atoms with van der Waals surface area (Å²) in [7, 11) is 0. The highest BCUT2D eigenvalue weighted by Gasteiger charge is 2.06. The second-order valence-corrected chi connectivity index (χ2v) is 3.66. The number of halogens is 3. The van der Waals surface area contributed by atoms with Crippen LogP contribution in [0.3, 0.4) is 0 Å². The number of amides is 1. The zero-order valence-electron chi connectivity index (χ0n) is 7.64. The molecule has 5 heteroatoms. The number of carbonyl (C=O) groups excluding carboxylic acids is 1. The Bertz CT molecular complexity index is 395. The van der Waals surface area contributed by atoms with Crippen LogP contribution in [0.1, 0.15) is 12.0 Å². The normalized spacial score (nSPS) is 10.9. The molecule has 1 aromatic carbocycles. The molecule has 1 rings (SSSR count).